The normalized spacial score (nSPS) is 15.4. The molecular formula is C25H28F3N5O. The second-order valence-electron chi connectivity index (χ2n) is 8.69. The lowest BCUT2D eigenvalue weighted by atomic mass is 10.1. The van der Waals surface area contributed by atoms with Gasteiger partial charge in [0.1, 0.15) is 0 Å². The van der Waals surface area contributed by atoms with Gasteiger partial charge in [0.05, 0.1) is 28.7 Å². The number of rotatable bonds is 6. The van der Waals surface area contributed by atoms with Crippen molar-refractivity contribution >= 4 is 5.91 Å². The van der Waals surface area contributed by atoms with Gasteiger partial charge in [-0.15, -0.1) is 0 Å². The van der Waals surface area contributed by atoms with E-state index < -0.39 is 11.7 Å². The zero-order chi connectivity index (χ0) is 24.3. The first-order valence-electron chi connectivity index (χ1n) is 11.2. The lowest BCUT2D eigenvalue weighted by Gasteiger charge is -2.32. The van der Waals surface area contributed by atoms with Crippen LogP contribution in [-0.4, -0.2) is 58.7 Å². The molecule has 34 heavy (non-hydrogen) atoms. The molecule has 0 spiro atoms. The fraction of sp³-hybridized carbons (Fsp3) is 0.360. The van der Waals surface area contributed by atoms with E-state index in [0.717, 1.165) is 50.4 Å². The molecule has 180 valence electrons. The maximum atomic E-state index is 13.1. The topological polar surface area (TPSA) is 53.4 Å². The highest BCUT2D eigenvalue weighted by molar-refractivity contribution is 5.95. The van der Waals surface area contributed by atoms with Gasteiger partial charge in [0, 0.05) is 39.3 Å². The van der Waals surface area contributed by atoms with Crippen LogP contribution in [0.1, 0.15) is 32.7 Å². The fourth-order valence-electron chi connectivity index (χ4n) is 4.09. The Hall–Kier alpha value is -3.17. The monoisotopic (exact) mass is 471 g/mol. The van der Waals surface area contributed by atoms with Crippen molar-refractivity contribution in [2.24, 2.45) is 0 Å². The van der Waals surface area contributed by atoms with E-state index >= 15 is 0 Å². The number of hydrogen-bond acceptors (Lipinski definition) is 4. The van der Waals surface area contributed by atoms with Crippen LogP contribution in [0, 0.1) is 6.92 Å². The molecule has 1 aliphatic heterocycles. The number of benzene rings is 2. The van der Waals surface area contributed by atoms with E-state index in [0.29, 0.717) is 17.8 Å². The number of hydrogen-bond donors (Lipinski definition) is 1. The maximum Gasteiger partial charge on any atom is 0.416 e. The maximum absolute atomic E-state index is 13.1. The molecule has 4 rings (SSSR count). The highest BCUT2D eigenvalue weighted by atomic mass is 19.4. The van der Waals surface area contributed by atoms with Crippen LogP contribution >= 0.6 is 0 Å². The van der Waals surface area contributed by atoms with Gasteiger partial charge in [0.15, 0.2) is 0 Å². The summed E-state index contributed by atoms with van der Waals surface area (Å²) in [7, 11) is 2.13. The number of nitrogens with one attached hydrogen (secondary N) is 1. The van der Waals surface area contributed by atoms with Crippen LogP contribution in [0.15, 0.2) is 54.7 Å². The van der Waals surface area contributed by atoms with Crippen molar-refractivity contribution in [1.82, 2.24) is 24.9 Å². The van der Waals surface area contributed by atoms with Gasteiger partial charge in [0.25, 0.3) is 5.91 Å². The molecule has 0 atom stereocenters. The lowest BCUT2D eigenvalue weighted by Crippen LogP contribution is -2.43. The number of carbonyl (C=O) groups is 1. The zero-order valence-corrected chi connectivity index (χ0v) is 19.3. The molecule has 1 N–H and O–H groups in total. The van der Waals surface area contributed by atoms with Crippen molar-refractivity contribution in [3.8, 4) is 5.69 Å². The molecule has 0 saturated carbocycles. The third kappa shape index (κ3) is 5.66. The predicted molar refractivity (Wildman–Crippen MR) is 124 cm³/mol. The smallest absolute Gasteiger partial charge is 0.348 e. The highest BCUT2D eigenvalue weighted by Gasteiger charge is 2.30. The summed E-state index contributed by atoms with van der Waals surface area (Å²) in [4.78, 5) is 17.5. The third-order valence-electron chi connectivity index (χ3n) is 6.12. The van der Waals surface area contributed by atoms with Crippen LogP contribution in [-0.2, 0) is 19.3 Å². The minimum atomic E-state index is -4.45. The molecule has 1 aromatic heterocycles. The van der Waals surface area contributed by atoms with E-state index in [1.54, 1.807) is 6.92 Å². The van der Waals surface area contributed by atoms with E-state index in [9.17, 15) is 18.0 Å². The average molecular weight is 472 g/mol. The number of amides is 1. The molecule has 1 fully saturated rings. The van der Waals surface area contributed by atoms with Crippen molar-refractivity contribution in [3.63, 3.8) is 0 Å². The highest BCUT2D eigenvalue weighted by Crippen LogP contribution is 2.30. The number of likely N-dealkylation sites (N-methyl/N-ethyl adjacent to an activating group) is 1. The first-order chi connectivity index (χ1) is 16.2. The number of alkyl halides is 3. The third-order valence-corrected chi connectivity index (χ3v) is 6.12. The summed E-state index contributed by atoms with van der Waals surface area (Å²) < 4.78 is 40.5. The van der Waals surface area contributed by atoms with Crippen molar-refractivity contribution in [1.29, 1.82) is 0 Å². The molecule has 0 radical (unpaired) electrons. The van der Waals surface area contributed by atoms with Gasteiger partial charge in [-0.3, -0.25) is 9.69 Å². The Morgan fingerprint density at radius 3 is 2.47 bits per heavy atom. The Morgan fingerprint density at radius 2 is 1.74 bits per heavy atom. The summed E-state index contributed by atoms with van der Waals surface area (Å²) in [6.07, 6.45) is -3.06. The van der Waals surface area contributed by atoms with Crippen LogP contribution in [0.5, 0.6) is 0 Å². The molecule has 6 nitrogen and oxygen atoms in total. The summed E-state index contributed by atoms with van der Waals surface area (Å²) in [5, 5.41) is 7.05. The van der Waals surface area contributed by atoms with Crippen LogP contribution in [0.2, 0.25) is 0 Å². The van der Waals surface area contributed by atoms with Crippen LogP contribution in [0.3, 0.4) is 0 Å². The predicted octanol–water partition coefficient (Wildman–Crippen LogP) is 3.88. The van der Waals surface area contributed by atoms with Crippen molar-refractivity contribution < 1.29 is 18.0 Å². The molecule has 0 unspecified atom stereocenters. The number of piperazine rings is 1. The minimum Gasteiger partial charge on any atom is -0.348 e. The summed E-state index contributed by atoms with van der Waals surface area (Å²) in [6.45, 7) is 7.08. The Morgan fingerprint density at radius 1 is 1.03 bits per heavy atom. The second-order valence-corrected chi connectivity index (χ2v) is 8.69. The number of halogens is 3. The lowest BCUT2D eigenvalue weighted by molar-refractivity contribution is -0.137. The molecule has 0 aliphatic carbocycles. The standard InChI is InChI=1S/C25H28F3N5O/c1-18-23(16-30-33(18)22-8-4-7-21(14-22)25(26,27)28)24(34)29-15-19-5-3-6-20(13-19)17-32-11-9-31(2)10-12-32/h3-8,13-14,16H,9-12,15,17H2,1-2H3,(H,29,34). The first-order valence-corrected chi connectivity index (χ1v) is 11.2. The molecule has 3 aromatic rings. The SMILES string of the molecule is Cc1c(C(=O)NCc2cccc(CN3CCN(C)CC3)c2)cnn1-c1cccc(C(F)(F)F)c1. The molecule has 0 bridgehead atoms. The second kappa shape index (κ2) is 9.99. The van der Waals surface area contributed by atoms with Gasteiger partial charge in [-0.05, 0) is 43.3 Å². The molecule has 9 heteroatoms. The summed E-state index contributed by atoms with van der Waals surface area (Å²) in [5.74, 6) is -0.319. The Kier molecular flexibility index (Phi) is 7.04. The van der Waals surface area contributed by atoms with E-state index in [4.69, 9.17) is 0 Å². The summed E-state index contributed by atoms with van der Waals surface area (Å²) in [5.41, 5.74) is 2.48. The van der Waals surface area contributed by atoms with Crippen molar-refractivity contribution in [3.05, 3.63) is 82.7 Å². The van der Waals surface area contributed by atoms with Crippen LogP contribution < -0.4 is 5.32 Å². The van der Waals surface area contributed by atoms with Gasteiger partial charge < -0.3 is 10.2 Å². The average Bonchev–Trinajstić information content (AvgIpc) is 3.20. The summed E-state index contributed by atoms with van der Waals surface area (Å²) >= 11 is 0. The van der Waals surface area contributed by atoms with Gasteiger partial charge in [-0.1, -0.05) is 30.3 Å². The summed E-state index contributed by atoms with van der Waals surface area (Å²) in [6, 6.07) is 13.0. The minimum absolute atomic E-state index is 0.253. The van der Waals surface area contributed by atoms with Crippen LogP contribution in [0.4, 0.5) is 13.2 Å². The van der Waals surface area contributed by atoms with Gasteiger partial charge >= 0.3 is 6.18 Å². The Labute approximate surface area is 197 Å². The molecule has 1 amide bonds. The van der Waals surface area contributed by atoms with Gasteiger partial charge in [-0.2, -0.15) is 18.3 Å². The number of nitrogens with zero attached hydrogens (tertiary/aromatic N) is 4. The molecule has 1 aliphatic rings. The van der Waals surface area contributed by atoms with Gasteiger partial charge in [0.2, 0.25) is 0 Å². The molecule has 2 aromatic carbocycles. The van der Waals surface area contributed by atoms with E-state index in [1.807, 2.05) is 12.1 Å². The fourth-order valence-corrected chi connectivity index (χ4v) is 4.09. The Bertz CT molecular complexity index is 1150. The zero-order valence-electron chi connectivity index (χ0n) is 19.3. The first kappa shape index (κ1) is 24.0. The number of aromatic nitrogens is 2. The largest absolute Gasteiger partial charge is 0.416 e. The molecular weight excluding hydrogens is 443 g/mol. The van der Waals surface area contributed by atoms with E-state index in [2.05, 4.69) is 39.4 Å². The van der Waals surface area contributed by atoms with Gasteiger partial charge in [-0.25, -0.2) is 4.68 Å². The van der Waals surface area contributed by atoms with E-state index in [1.165, 1.54) is 28.6 Å². The van der Waals surface area contributed by atoms with E-state index in [-0.39, 0.29) is 11.6 Å². The Balaban J connectivity index is 1.40. The molecule has 2 heterocycles. The van der Waals surface area contributed by atoms with Crippen molar-refractivity contribution in [2.75, 3.05) is 33.2 Å². The molecule has 1 saturated heterocycles. The quantitative estimate of drug-likeness (QED) is 0.593. The number of carbonyl (C=O) groups excluding carboxylic acids is 1. The van der Waals surface area contributed by atoms with Crippen molar-refractivity contribution in [2.45, 2.75) is 26.2 Å². The van der Waals surface area contributed by atoms with Crippen LogP contribution in [0.25, 0.3) is 5.69 Å².